The first-order valence-electron chi connectivity index (χ1n) is 4.98. The first-order valence-corrected chi connectivity index (χ1v) is 5.36. The SMILES string of the molecule is CC(C)(C)c1cc2c(cc1Cl)CC=C2. The summed E-state index contributed by atoms with van der Waals surface area (Å²) >= 11 is 6.26. The lowest BCUT2D eigenvalue weighted by atomic mass is 9.85. The number of hydrogen-bond acceptors (Lipinski definition) is 0. The molecular weight excluding hydrogens is 192 g/mol. The monoisotopic (exact) mass is 206 g/mol. The predicted molar refractivity (Wildman–Crippen MR) is 62.9 cm³/mol. The van der Waals surface area contributed by atoms with E-state index in [9.17, 15) is 0 Å². The molecule has 0 radical (unpaired) electrons. The Balaban J connectivity index is 2.57. The molecule has 0 aliphatic heterocycles. The van der Waals surface area contributed by atoms with Gasteiger partial charge < -0.3 is 0 Å². The van der Waals surface area contributed by atoms with Gasteiger partial charge in [0.2, 0.25) is 0 Å². The molecule has 0 heterocycles. The van der Waals surface area contributed by atoms with E-state index >= 15 is 0 Å². The van der Waals surface area contributed by atoms with E-state index in [1.807, 2.05) is 0 Å². The Kier molecular flexibility index (Phi) is 2.19. The van der Waals surface area contributed by atoms with Crippen molar-refractivity contribution >= 4 is 17.7 Å². The highest BCUT2D eigenvalue weighted by atomic mass is 35.5. The molecule has 0 bridgehead atoms. The Morgan fingerprint density at radius 1 is 1.21 bits per heavy atom. The first kappa shape index (κ1) is 9.79. The third-order valence-corrected chi connectivity index (χ3v) is 2.98. The maximum Gasteiger partial charge on any atom is 0.0446 e. The molecule has 0 saturated heterocycles. The molecule has 0 unspecified atom stereocenters. The minimum Gasteiger partial charge on any atom is -0.0840 e. The molecule has 0 fully saturated rings. The maximum atomic E-state index is 6.26. The number of allylic oxidation sites excluding steroid dienone is 1. The van der Waals surface area contributed by atoms with Crippen LogP contribution < -0.4 is 0 Å². The van der Waals surface area contributed by atoms with Crippen LogP contribution in [0.2, 0.25) is 5.02 Å². The third-order valence-electron chi connectivity index (χ3n) is 2.67. The molecule has 0 saturated carbocycles. The maximum absolute atomic E-state index is 6.26. The zero-order valence-corrected chi connectivity index (χ0v) is 9.65. The Hall–Kier alpha value is -0.750. The highest BCUT2D eigenvalue weighted by Crippen LogP contribution is 2.34. The van der Waals surface area contributed by atoms with Gasteiger partial charge >= 0.3 is 0 Å². The number of fused-ring (bicyclic) bond motifs is 1. The van der Waals surface area contributed by atoms with E-state index in [4.69, 9.17) is 11.6 Å². The quantitative estimate of drug-likeness (QED) is 0.597. The molecule has 1 aromatic carbocycles. The van der Waals surface area contributed by atoms with Crippen LogP contribution in [0.25, 0.3) is 6.08 Å². The number of hydrogen-bond donors (Lipinski definition) is 0. The molecule has 0 atom stereocenters. The summed E-state index contributed by atoms with van der Waals surface area (Å²) in [6.07, 6.45) is 5.40. The van der Waals surface area contributed by atoms with Crippen LogP contribution in [0.5, 0.6) is 0 Å². The van der Waals surface area contributed by atoms with Gasteiger partial charge in [0, 0.05) is 5.02 Å². The number of halogens is 1. The molecule has 2 rings (SSSR count). The smallest absolute Gasteiger partial charge is 0.0446 e. The van der Waals surface area contributed by atoms with E-state index in [-0.39, 0.29) is 5.41 Å². The van der Waals surface area contributed by atoms with Gasteiger partial charge in [-0.1, -0.05) is 44.5 Å². The highest BCUT2D eigenvalue weighted by molar-refractivity contribution is 6.31. The van der Waals surface area contributed by atoms with E-state index in [1.54, 1.807) is 0 Å². The van der Waals surface area contributed by atoms with Crippen molar-refractivity contribution < 1.29 is 0 Å². The molecule has 0 N–H and O–H groups in total. The fourth-order valence-corrected chi connectivity index (χ4v) is 2.32. The zero-order valence-electron chi connectivity index (χ0n) is 8.89. The first-order chi connectivity index (χ1) is 6.48. The van der Waals surface area contributed by atoms with Crippen LogP contribution in [0.3, 0.4) is 0 Å². The van der Waals surface area contributed by atoms with Gasteiger partial charge in [-0.15, -0.1) is 0 Å². The van der Waals surface area contributed by atoms with Crippen LogP contribution in [0.15, 0.2) is 18.2 Å². The summed E-state index contributed by atoms with van der Waals surface area (Å²) in [5.41, 5.74) is 4.05. The fourth-order valence-electron chi connectivity index (χ4n) is 1.85. The van der Waals surface area contributed by atoms with Gasteiger partial charge in [-0.05, 0) is 40.7 Å². The lowest BCUT2D eigenvalue weighted by molar-refractivity contribution is 0.590. The van der Waals surface area contributed by atoms with E-state index in [0.29, 0.717) is 0 Å². The van der Waals surface area contributed by atoms with Crippen LogP contribution in [-0.4, -0.2) is 0 Å². The second-order valence-corrected chi connectivity index (χ2v) is 5.29. The van der Waals surface area contributed by atoms with Gasteiger partial charge in [-0.25, -0.2) is 0 Å². The molecule has 0 amide bonds. The van der Waals surface area contributed by atoms with E-state index < -0.39 is 0 Å². The third kappa shape index (κ3) is 1.59. The Morgan fingerprint density at radius 2 is 1.93 bits per heavy atom. The average molecular weight is 207 g/mol. The van der Waals surface area contributed by atoms with Crippen LogP contribution in [0.1, 0.15) is 37.5 Å². The summed E-state index contributed by atoms with van der Waals surface area (Å²) < 4.78 is 0. The Bertz CT molecular complexity index is 394. The van der Waals surface area contributed by atoms with Crippen LogP contribution in [0, 0.1) is 0 Å². The van der Waals surface area contributed by atoms with Crippen molar-refractivity contribution in [3.05, 3.63) is 39.9 Å². The minimum atomic E-state index is 0.128. The molecule has 1 aliphatic rings. The Labute approximate surface area is 90.6 Å². The van der Waals surface area contributed by atoms with E-state index in [1.165, 1.54) is 16.7 Å². The Morgan fingerprint density at radius 3 is 2.57 bits per heavy atom. The summed E-state index contributed by atoms with van der Waals surface area (Å²) in [5, 5.41) is 0.903. The van der Waals surface area contributed by atoms with Crippen LogP contribution in [0.4, 0.5) is 0 Å². The van der Waals surface area contributed by atoms with Crippen molar-refractivity contribution in [2.24, 2.45) is 0 Å². The molecule has 1 aromatic rings. The van der Waals surface area contributed by atoms with E-state index in [2.05, 4.69) is 45.1 Å². The topological polar surface area (TPSA) is 0 Å². The second kappa shape index (κ2) is 3.13. The van der Waals surface area contributed by atoms with Crippen molar-refractivity contribution in [3.8, 4) is 0 Å². The standard InChI is InChI=1S/C13H15Cl/c1-13(2,3)11-7-9-5-4-6-10(9)8-12(11)14/h4-5,7-8H,6H2,1-3H3. The normalized spacial score (nSPS) is 14.6. The summed E-state index contributed by atoms with van der Waals surface area (Å²) in [7, 11) is 0. The largest absolute Gasteiger partial charge is 0.0840 e. The summed E-state index contributed by atoms with van der Waals surface area (Å²) in [6, 6.07) is 4.33. The second-order valence-electron chi connectivity index (χ2n) is 4.89. The van der Waals surface area contributed by atoms with E-state index in [0.717, 1.165) is 11.4 Å². The van der Waals surface area contributed by atoms with Crippen molar-refractivity contribution in [2.45, 2.75) is 32.6 Å². The number of rotatable bonds is 0. The van der Waals surface area contributed by atoms with Crippen LogP contribution in [-0.2, 0) is 11.8 Å². The lowest BCUT2D eigenvalue weighted by Gasteiger charge is -2.21. The molecule has 1 aliphatic carbocycles. The van der Waals surface area contributed by atoms with Crippen molar-refractivity contribution in [2.75, 3.05) is 0 Å². The van der Waals surface area contributed by atoms with Crippen molar-refractivity contribution in [3.63, 3.8) is 0 Å². The van der Waals surface area contributed by atoms with Gasteiger partial charge in [-0.2, -0.15) is 0 Å². The van der Waals surface area contributed by atoms with Gasteiger partial charge in [0.25, 0.3) is 0 Å². The van der Waals surface area contributed by atoms with Gasteiger partial charge in [0.1, 0.15) is 0 Å². The average Bonchev–Trinajstić information content (AvgIpc) is 2.47. The zero-order chi connectivity index (χ0) is 10.3. The minimum absolute atomic E-state index is 0.128. The molecule has 0 spiro atoms. The molecule has 74 valence electrons. The molecule has 0 aromatic heterocycles. The summed E-state index contributed by atoms with van der Waals surface area (Å²) in [6.45, 7) is 6.58. The highest BCUT2D eigenvalue weighted by Gasteiger charge is 2.19. The van der Waals surface area contributed by atoms with Gasteiger partial charge in [-0.3, -0.25) is 0 Å². The van der Waals surface area contributed by atoms with Crippen LogP contribution >= 0.6 is 11.6 Å². The van der Waals surface area contributed by atoms with Gasteiger partial charge in [0.05, 0.1) is 0 Å². The van der Waals surface area contributed by atoms with Crippen molar-refractivity contribution in [1.29, 1.82) is 0 Å². The number of benzene rings is 1. The summed E-state index contributed by atoms with van der Waals surface area (Å²) in [4.78, 5) is 0. The lowest BCUT2D eigenvalue weighted by Crippen LogP contribution is -2.12. The fraction of sp³-hybridized carbons (Fsp3) is 0.385. The molecule has 1 heteroatoms. The van der Waals surface area contributed by atoms with Crippen molar-refractivity contribution in [1.82, 2.24) is 0 Å². The molecule has 14 heavy (non-hydrogen) atoms. The molecular formula is C13H15Cl. The molecule has 0 nitrogen and oxygen atoms in total. The predicted octanol–water partition coefficient (Wildman–Crippen LogP) is 4.21. The van der Waals surface area contributed by atoms with Gasteiger partial charge in [0.15, 0.2) is 0 Å². The summed E-state index contributed by atoms with van der Waals surface area (Å²) in [5.74, 6) is 0.